The van der Waals surface area contributed by atoms with Crippen LogP contribution in [0.2, 0.25) is 0 Å². The molecule has 4 rings (SSSR count). The molecule has 0 aromatic heterocycles. The molecular formula is C24H26BrFN2O3. The van der Waals surface area contributed by atoms with E-state index in [-0.39, 0.29) is 24.2 Å². The molecule has 1 atom stereocenters. The van der Waals surface area contributed by atoms with Gasteiger partial charge in [-0.3, -0.25) is 9.59 Å². The molecule has 0 bridgehead atoms. The molecule has 2 aliphatic rings. The third kappa shape index (κ3) is 4.67. The first-order valence-corrected chi connectivity index (χ1v) is 11.4. The van der Waals surface area contributed by atoms with Crippen molar-refractivity contribution in [3.05, 3.63) is 69.9 Å². The van der Waals surface area contributed by atoms with E-state index in [0.29, 0.717) is 49.8 Å². The van der Waals surface area contributed by atoms with Crippen LogP contribution >= 0.6 is 15.9 Å². The SMILES string of the molecule is O=C1CCC(C(=O)NC2(Cc3ccc(F)cc3Br)CCOCC2)(c2ccccc2)CN1. The quantitative estimate of drug-likeness (QED) is 0.674. The number of hydrogen-bond donors (Lipinski definition) is 2. The third-order valence-corrected chi connectivity index (χ3v) is 7.24. The number of nitrogens with one attached hydrogen (secondary N) is 2. The number of carbonyl (C=O) groups excluding carboxylic acids is 2. The molecule has 2 saturated heterocycles. The van der Waals surface area contributed by atoms with Gasteiger partial charge in [0, 0.05) is 36.2 Å². The van der Waals surface area contributed by atoms with Crippen molar-refractivity contribution < 1.29 is 18.7 Å². The summed E-state index contributed by atoms with van der Waals surface area (Å²) in [7, 11) is 0. The van der Waals surface area contributed by atoms with Crippen molar-refractivity contribution in [2.24, 2.45) is 0 Å². The van der Waals surface area contributed by atoms with E-state index in [1.807, 2.05) is 30.3 Å². The van der Waals surface area contributed by atoms with Crippen molar-refractivity contribution in [3.8, 4) is 0 Å². The number of halogens is 2. The number of rotatable bonds is 5. The van der Waals surface area contributed by atoms with E-state index in [2.05, 4.69) is 26.6 Å². The molecule has 164 valence electrons. The molecule has 2 aliphatic heterocycles. The van der Waals surface area contributed by atoms with E-state index in [4.69, 9.17) is 4.74 Å². The van der Waals surface area contributed by atoms with Crippen LogP contribution in [0, 0.1) is 5.82 Å². The monoisotopic (exact) mass is 488 g/mol. The number of benzene rings is 2. The molecule has 5 nitrogen and oxygen atoms in total. The summed E-state index contributed by atoms with van der Waals surface area (Å²) in [6, 6.07) is 14.3. The molecule has 2 heterocycles. The van der Waals surface area contributed by atoms with Crippen LogP contribution in [0.25, 0.3) is 0 Å². The Kier molecular flexibility index (Phi) is 6.44. The Morgan fingerprint density at radius 2 is 1.87 bits per heavy atom. The maximum atomic E-state index is 13.9. The van der Waals surface area contributed by atoms with Crippen LogP contribution < -0.4 is 10.6 Å². The molecule has 1 unspecified atom stereocenters. The highest BCUT2D eigenvalue weighted by Crippen LogP contribution is 2.35. The van der Waals surface area contributed by atoms with Gasteiger partial charge in [0.15, 0.2) is 0 Å². The van der Waals surface area contributed by atoms with Crippen molar-refractivity contribution >= 4 is 27.7 Å². The van der Waals surface area contributed by atoms with Crippen molar-refractivity contribution in [1.29, 1.82) is 0 Å². The molecule has 2 aromatic carbocycles. The van der Waals surface area contributed by atoms with Gasteiger partial charge in [0.05, 0.1) is 5.41 Å². The lowest BCUT2D eigenvalue weighted by Gasteiger charge is -2.43. The van der Waals surface area contributed by atoms with Crippen molar-refractivity contribution in [2.45, 2.75) is 43.1 Å². The number of amides is 2. The minimum Gasteiger partial charge on any atom is -0.381 e. The average Bonchev–Trinajstić information content (AvgIpc) is 2.78. The maximum absolute atomic E-state index is 13.9. The fraction of sp³-hybridized carbons (Fsp3) is 0.417. The standard InChI is InChI=1S/C24H26BrFN2O3/c25-20-14-19(26)7-6-17(20)15-23(10-12-31-13-11-23)28-22(30)24(9-8-21(29)27-16-24)18-4-2-1-3-5-18/h1-7,14H,8-13,15-16H2,(H,27,29)(H,28,30). The zero-order valence-corrected chi connectivity index (χ0v) is 18.8. The number of carbonyl (C=O) groups is 2. The van der Waals surface area contributed by atoms with Crippen molar-refractivity contribution in [1.82, 2.24) is 10.6 Å². The lowest BCUT2D eigenvalue weighted by Crippen LogP contribution is -2.62. The predicted molar refractivity (Wildman–Crippen MR) is 119 cm³/mol. The zero-order chi connectivity index (χ0) is 21.9. The minimum atomic E-state index is -0.819. The normalized spacial score (nSPS) is 23.1. The molecule has 7 heteroatoms. The number of piperidine rings is 1. The second kappa shape index (κ2) is 9.09. The molecule has 2 amide bonds. The van der Waals surface area contributed by atoms with Gasteiger partial charge in [-0.05, 0) is 48.9 Å². The van der Waals surface area contributed by atoms with Crippen LogP contribution in [0.4, 0.5) is 4.39 Å². The van der Waals surface area contributed by atoms with E-state index >= 15 is 0 Å². The van der Waals surface area contributed by atoms with Gasteiger partial charge >= 0.3 is 0 Å². The summed E-state index contributed by atoms with van der Waals surface area (Å²) in [6.45, 7) is 1.37. The van der Waals surface area contributed by atoms with Gasteiger partial charge in [-0.2, -0.15) is 0 Å². The number of hydrogen-bond acceptors (Lipinski definition) is 3. The average molecular weight is 489 g/mol. The van der Waals surface area contributed by atoms with E-state index < -0.39 is 11.0 Å². The Bertz CT molecular complexity index is 951. The van der Waals surface area contributed by atoms with Gasteiger partial charge in [0.25, 0.3) is 0 Å². The molecule has 0 spiro atoms. The highest BCUT2D eigenvalue weighted by Gasteiger charge is 2.46. The third-order valence-electron chi connectivity index (χ3n) is 6.50. The maximum Gasteiger partial charge on any atom is 0.232 e. The number of ether oxygens (including phenoxy) is 1. The zero-order valence-electron chi connectivity index (χ0n) is 17.3. The van der Waals surface area contributed by atoms with E-state index in [1.165, 1.54) is 12.1 Å². The van der Waals surface area contributed by atoms with Gasteiger partial charge in [-0.15, -0.1) is 0 Å². The molecule has 2 fully saturated rings. The molecule has 2 N–H and O–H groups in total. The first kappa shape index (κ1) is 22.0. The van der Waals surface area contributed by atoms with Crippen LogP contribution in [-0.2, 0) is 26.2 Å². The fourth-order valence-electron chi connectivity index (χ4n) is 4.58. The summed E-state index contributed by atoms with van der Waals surface area (Å²) in [5, 5.41) is 6.26. The summed E-state index contributed by atoms with van der Waals surface area (Å²) < 4.78 is 19.9. The highest BCUT2D eigenvalue weighted by molar-refractivity contribution is 9.10. The summed E-state index contributed by atoms with van der Waals surface area (Å²) in [5.41, 5.74) is 0.520. The van der Waals surface area contributed by atoms with Gasteiger partial charge in [0.2, 0.25) is 11.8 Å². The summed E-state index contributed by atoms with van der Waals surface area (Å²) in [5.74, 6) is -0.420. The second-order valence-electron chi connectivity index (χ2n) is 8.48. The molecule has 2 aromatic rings. The molecule has 31 heavy (non-hydrogen) atoms. The van der Waals surface area contributed by atoms with Gasteiger partial charge in [0.1, 0.15) is 5.82 Å². The van der Waals surface area contributed by atoms with Gasteiger partial charge < -0.3 is 15.4 Å². The highest BCUT2D eigenvalue weighted by atomic mass is 79.9. The first-order valence-electron chi connectivity index (χ1n) is 10.6. The second-order valence-corrected chi connectivity index (χ2v) is 9.34. The van der Waals surface area contributed by atoms with Gasteiger partial charge in [-0.1, -0.05) is 52.3 Å². The lowest BCUT2D eigenvalue weighted by molar-refractivity contribution is -0.133. The minimum absolute atomic E-state index is 0.0321. The van der Waals surface area contributed by atoms with Crippen molar-refractivity contribution in [3.63, 3.8) is 0 Å². The van der Waals surface area contributed by atoms with Crippen LogP contribution in [0.15, 0.2) is 53.0 Å². The topological polar surface area (TPSA) is 67.4 Å². The lowest BCUT2D eigenvalue weighted by atomic mass is 9.72. The van der Waals surface area contributed by atoms with Crippen LogP contribution in [-0.4, -0.2) is 37.1 Å². The molecule has 0 radical (unpaired) electrons. The Morgan fingerprint density at radius 3 is 2.52 bits per heavy atom. The fourth-order valence-corrected chi connectivity index (χ4v) is 5.07. The van der Waals surface area contributed by atoms with E-state index in [0.717, 1.165) is 11.1 Å². The van der Waals surface area contributed by atoms with E-state index in [9.17, 15) is 14.0 Å². The van der Waals surface area contributed by atoms with Crippen LogP contribution in [0.1, 0.15) is 36.8 Å². The Balaban J connectivity index is 1.65. The Labute approximate surface area is 189 Å². The Hall–Kier alpha value is -2.25. The smallest absolute Gasteiger partial charge is 0.232 e. The van der Waals surface area contributed by atoms with Crippen molar-refractivity contribution in [2.75, 3.05) is 19.8 Å². The summed E-state index contributed by atoms with van der Waals surface area (Å²) in [6.07, 6.45) is 2.67. The van der Waals surface area contributed by atoms with Gasteiger partial charge in [-0.25, -0.2) is 4.39 Å². The first-order chi connectivity index (χ1) is 14.9. The van der Waals surface area contributed by atoms with Crippen LogP contribution in [0.3, 0.4) is 0 Å². The molecule has 0 saturated carbocycles. The summed E-state index contributed by atoms with van der Waals surface area (Å²) >= 11 is 3.46. The molecular weight excluding hydrogens is 463 g/mol. The van der Waals surface area contributed by atoms with E-state index in [1.54, 1.807) is 6.07 Å². The van der Waals surface area contributed by atoms with Crippen LogP contribution in [0.5, 0.6) is 0 Å². The Morgan fingerprint density at radius 1 is 1.13 bits per heavy atom. The summed E-state index contributed by atoms with van der Waals surface area (Å²) in [4.78, 5) is 25.7. The predicted octanol–water partition coefficient (Wildman–Crippen LogP) is 3.64. The molecule has 0 aliphatic carbocycles. The largest absolute Gasteiger partial charge is 0.381 e.